The maximum atomic E-state index is 13.0. The minimum Gasteiger partial charge on any atom is -0.486 e. The van der Waals surface area contributed by atoms with Gasteiger partial charge in [-0.25, -0.2) is 0 Å². The van der Waals surface area contributed by atoms with Gasteiger partial charge in [-0.1, -0.05) is 70.7 Å². The average Bonchev–Trinajstić information content (AvgIpc) is 3.06. The smallest absolute Gasteiger partial charge is 0.255 e. The molecule has 1 N–H and O–H groups in total. The van der Waals surface area contributed by atoms with Crippen molar-refractivity contribution >= 4 is 58.0 Å². The Labute approximate surface area is 223 Å². The molecule has 4 aromatic rings. The van der Waals surface area contributed by atoms with Gasteiger partial charge in [0, 0.05) is 15.6 Å². The summed E-state index contributed by atoms with van der Waals surface area (Å²) in [6.07, 6.45) is 0. The SMILES string of the molecule is Cc1nn(Cc2cccc(Cl)c2)c(C)c1NC(=O)c1cccc(COc2c(Cl)cc(Cl)cc2Cl)c1. The molecule has 0 aliphatic rings. The van der Waals surface area contributed by atoms with Crippen LogP contribution in [0.2, 0.25) is 20.1 Å². The molecule has 4 rings (SSSR count). The number of hydrogen-bond acceptors (Lipinski definition) is 3. The van der Waals surface area contributed by atoms with Crippen LogP contribution in [0.5, 0.6) is 5.75 Å². The van der Waals surface area contributed by atoms with Gasteiger partial charge in [0.05, 0.1) is 33.7 Å². The van der Waals surface area contributed by atoms with Crippen molar-refractivity contribution in [1.82, 2.24) is 9.78 Å². The Morgan fingerprint density at radius 1 is 0.914 bits per heavy atom. The molecular formula is C26H21Cl4N3O2. The minimum atomic E-state index is -0.247. The van der Waals surface area contributed by atoms with Crippen molar-refractivity contribution in [2.75, 3.05) is 5.32 Å². The van der Waals surface area contributed by atoms with E-state index >= 15 is 0 Å². The second kappa shape index (κ2) is 10.9. The zero-order valence-corrected chi connectivity index (χ0v) is 21.9. The van der Waals surface area contributed by atoms with Gasteiger partial charge in [-0.2, -0.15) is 5.10 Å². The fourth-order valence-electron chi connectivity index (χ4n) is 3.65. The van der Waals surface area contributed by atoms with Gasteiger partial charge in [-0.05, 0) is 61.4 Å². The number of amides is 1. The highest BCUT2D eigenvalue weighted by Crippen LogP contribution is 2.36. The summed E-state index contributed by atoms with van der Waals surface area (Å²) in [6, 6.07) is 17.9. The molecule has 1 aromatic heterocycles. The largest absolute Gasteiger partial charge is 0.486 e. The van der Waals surface area contributed by atoms with Crippen LogP contribution in [0.4, 0.5) is 5.69 Å². The van der Waals surface area contributed by atoms with Gasteiger partial charge in [-0.3, -0.25) is 9.48 Å². The number of carbonyl (C=O) groups is 1. The first-order chi connectivity index (χ1) is 16.7. The molecule has 0 fully saturated rings. The van der Waals surface area contributed by atoms with E-state index in [2.05, 4.69) is 10.4 Å². The van der Waals surface area contributed by atoms with Crippen LogP contribution in [0, 0.1) is 13.8 Å². The fourth-order valence-corrected chi connectivity index (χ4v) is 4.79. The second-order valence-electron chi connectivity index (χ2n) is 7.98. The molecule has 0 aliphatic carbocycles. The lowest BCUT2D eigenvalue weighted by molar-refractivity contribution is 0.102. The average molecular weight is 549 g/mol. The van der Waals surface area contributed by atoms with Crippen molar-refractivity contribution in [3.05, 3.63) is 109 Å². The number of rotatable bonds is 7. The summed E-state index contributed by atoms with van der Waals surface area (Å²) in [6.45, 7) is 4.51. The highest BCUT2D eigenvalue weighted by atomic mass is 35.5. The summed E-state index contributed by atoms with van der Waals surface area (Å²) in [5.41, 5.74) is 4.55. The molecule has 0 atom stereocenters. The normalized spacial score (nSPS) is 10.9. The van der Waals surface area contributed by atoms with E-state index in [0.717, 1.165) is 22.5 Å². The van der Waals surface area contributed by atoms with E-state index in [1.165, 1.54) is 0 Å². The van der Waals surface area contributed by atoms with Crippen molar-refractivity contribution in [2.24, 2.45) is 0 Å². The summed E-state index contributed by atoms with van der Waals surface area (Å²) >= 11 is 24.4. The first kappa shape index (κ1) is 25.4. The molecule has 3 aromatic carbocycles. The maximum Gasteiger partial charge on any atom is 0.255 e. The number of aromatic nitrogens is 2. The molecule has 0 unspecified atom stereocenters. The van der Waals surface area contributed by atoms with Crippen LogP contribution in [0.15, 0.2) is 60.7 Å². The van der Waals surface area contributed by atoms with Crippen LogP contribution in [-0.2, 0) is 13.2 Å². The van der Waals surface area contributed by atoms with E-state index in [4.69, 9.17) is 51.1 Å². The molecular weight excluding hydrogens is 528 g/mol. The Morgan fingerprint density at radius 3 is 2.31 bits per heavy atom. The number of aryl methyl sites for hydroxylation is 1. The van der Waals surface area contributed by atoms with E-state index in [0.29, 0.717) is 43.6 Å². The van der Waals surface area contributed by atoms with E-state index in [9.17, 15) is 4.79 Å². The summed E-state index contributed by atoms with van der Waals surface area (Å²) in [5.74, 6) is 0.0915. The topological polar surface area (TPSA) is 56.2 Å². The third kappa shape index (κ3) is 6.11. The van der Waals surface area contributed by atoms with Crippen molar-refractivity contribution in [2.45, 2.75) is 27.0 Å². The second-order valence-corrected chi connectivity index (χ2v) is 9.66. The summed E-state index contributed by atoms with van der Waals surface area (Å²) < 4.78 is 7.64. The zero-order valence-electron chi connectivity index (χ0n) is 18.9. The summed E-state index contributed by atoms with van der Waals surface area (Å²) in [5, 5.41) is 9.31. The molecule has 0 saturated carbocycles. The summed E-state index contributed by atoms with van der Waals surface area (Å²) in [4.78, 5) is 13.0. The predicted molar refractivity (Wildman–Crippen MR) is 142 cm³/mol. The third-order valence-corrected chi connectivity index (χ3v) is 6.39. The Kier molecular flexibility index (Phi) is 7.92. The summed E-state index contributed by atoms with van der Waals surface area (Å²) in [7, 11) is 0. The van der Waals surface area contributed by atoms with Gasteiger partial charge in [-0.15, -0.1) is 0 Å². The number of nitrogens with one attached hydrogen (secondary N) is 1. The van der Waals surface area contributed by atoms with E-state index in [1.807, 2.05) is 48.9 Å². The van der Waals surface area contributed by atoms with E-state index in [1.54, 1.807) is 30.3 Å². The van der Waals surface area contributed by atoms with Crippen LogP contribution in [-0.4, -0.2) is 15.7 Å². The lowest BCUT2D eigenvalue weighted by Gasteiger charge is -2.12. The molecule has 35 heavy (non-hydrogen) atoms. The number of benzene rings is 3. The first-order valence-corrected chi connectivity index (χ1v) is 12.2. The molecule has 0 saturated heterocycles. The Balaban J connectivity index is 1.47. The Morgan fingerprint density at radius 2 is 1.60 bits per heavy atom. The van der Waals surface area contributed by atoms with Crippen LogP contribution >= 0.6 is 46.4 Å². The highest BCUT2D eigenvalue weighted by Gasteiger charge is 2.16. The number of nitrogens with zero attached hydrogens (tertiary/aromatic N) is 2. The number of halogens is 4. The van der Waals surface area contributed by atoms with Gasteiger partial charge in [0.2, 0.25) is 0 Å². The molecule has 1 amide bonds. The van der Waals surface area contributed by atoms with Crippen LogP contribution in [0.25, 0.3) is 0 Å². The minimum absolute atomic E-state index is 0.178. The molecule has 180 valence electrons. The molecule has 5 nitrogen and oxygen atoms in total. The van der Waals surface area contributed by atoms with Crippen molar-refractivity contribution in [3.63, 3.8) is 0 Å². The van der Waals surface area contributed by atoms with Gasteiger partial charge in [0.1, 0.15) is 6.61 Å². The van der Waals surface area contributed by atoms with Gasteiger partial charge >= 0.3 is 0 Å². The van der Waals surface area contributed by atoms with Crippen LogP contribution < -0.4 is 10.1 Å². The van der Waals surface area contributed by atoms with Crippen molar-refractivity contribution < 1.29 is 9.53 Å². The third-order valence-electron chi connectivity index (χ3n) is 5.38. The van der Waals surface area contributed by atoms with Gasteiger partial charge in [0.15, 0.2) is 5.75 Å². The first-order valence-electron chi connectivity index (χ1n) is 10.7. The predicted octanol–water partition coefficient (Wildman–Crippen LogP) is 7.99. The molecule has 9 heteroatoms. The zero-order chi connectivity index (χ0) is 25.1. The van der Waals surface area contributed by atoms with E-state index in [-0.39, 0.29) is 12.5 Å². The number of anilines is 1. The van der Waals surface area contributed by atoms with E-state index < -0.39 is 0 Å². The van der Waals surface area contributed by atoms with Crippen LogP contribution in [0.1, 0.15) is 32.9 Å². The molecule has 1 heterocycles. The molecule has 0 bridgehead atoms. The van der Waals surface area contributed by atoms with Crippen molar-refractivity contribution in [3.8, 4) is 5.75 Å². The number of hydrogen-bond donors (Lipinski definition) is 1. The fraction of sp³-hybridized carbons (Fsp3) is 0.154. The number of ether oxygens (including phenoxy) is 1. The maximum absolute atomic E-state index is 13.0. The van der Waals surface area contributed by atoms with Crippen LogP contribution in [0.3, 0.4) is 0 Å². The Bertz CT molecular complexity index is 1380. The molecule has 0 aliphatic heterocycles. The molecule has 0 spiro atoms. The lowest BCUT2D eigenvalue weighted by Crippen LogP contribution is -2.14. The lowest BCUT2D eigenvalue weighted by atomic mass is 10.1. The molecule has 0 radical (unpaired) electrons. The quantitative estimate of drug-likeness (QED) is 0.254. The standard InChI is InChI=1S/C26H21Cl4N3O2/c1-15-24(16(2)33(32-15)13-17-5-4-8-20(27)10-17)31-26(34)19-7-3-6-18(9-19)14-35-25-22(29)11-21(28)12-23(25)30/h3-12H,13-14H2,1-2H3,(H,31,34). The Hall–Kier alpha value is -2.70. The monoisotopic (exact) mass is 547 g/mol. The van der Waals surface area contributed by atoms with Crippen molar-refractivity contribution in [1.29, 1.82) is 0 Å². The highest BCUT2D eigenvalue weighted by molar-refractivity contribution is 6.40. The van der Waals surface area contributed by atoms with Gasteiger partial charge < -0.3 is 10.1 Å². The number of carbonyl (C=O) groups excluding carboxylic acids is 1. The van der Waals surface area contributed by atoms with Gasteiger partial charge in [0.25, 0.3) is 5.91 Å².